The second kappa shape index (κ2) is 5.35. The molecule has 2 rings (SSSR count). The fraction of sp³-hybridized carbons (Fsp3) is 0.909. The van der Waals surface area contributed by atoms with Crippen LogP contribution in [-0.4, -0.2) is 66.1 Å². The van der Waals surface area contributed by atoms with E-state index in [4.69, 9.17) is 4.74 Å². The highest BCUT2D eigenvalue weighted by atomic mass is 32.2. The molecule has 0 radical (unpaired) electrons. The molecule has 0 amide bonds. The van der Waals surface area contributed by atoms with Crippen LogP contribution in [0.15, 0.2) is 0 Å². The molecule has 0 aromatic heterocycles. The number of sulfonamides is 1. The number of aliphatic hydroxyl groups excluding tert-OH is 1. The Balaban J connectivity index is 2.27. The second-order valence-corrected chi connectivity index (χ2v) is 7.30. The number of carbonyl (C=O) groups is 1. The lowest BCUT2D eigenvalue weighted by Crippen LogP contribution is -2.57. The van der Waals surface area contributed by atoms with E-state index in [1.165, 1.54) is 4.31 Å². The molecule has 2 saturated heterocycles. The van der Waals surface area contributed by atoms with Gasteiger partial charge in [0.1, 0.15) is 0 Å². The Morgan fingerprint density at radius 2 is 1.74 bits per heavy atom. The molecular formula is C11H19NO6S. The fourth-order valence-electron chi connectivity index (χ4n) is 2.61. The van der Waals surface area contributed by atoms with E-state index in [1.54, 1.807) is 0 Å². The molecule has 7 nitrogen and oxygen atoms in total. The normalized spacial score (nSPS) is 26.2. The predicted octanol–water partition coefficient (Wildman–Crippen LogP) is -0.593. The Bertz CT molecular complexity index is 434. The van der Waals surface area contributed by atoms with Crippen molar-refractivity contribution in [1.82, 2.24) is 4.31 Å². The summed E-state index contributed by atoms with van der Waals surface area (Å²) in [5.74, 6) is -1.30. The van der Waals surface area contributed by atoms with Gasteiger partial charge in [0, 0.05) is 39.1 Å². The maximum absolute atomic E-state index is 12.6. The third kappa shape index (κ3) is 2.49. The third-order valence-corrected chi connectivity index (χ3v) is 6.56. The molecule has 19 heavy (non-hydrogen) atoms. The zero-order chi connectivity index (χ0) is 14.1. The van der Waals surface area contributed by atoms with E-state index in [0.717, 1.165) is 0 Å². The van der Waals surface area contributed by atoms with Crippen molar-refractivity contribution in [3.05, 3.63) is 0 Å². The van der Waals surface area contributed by atoms with Crippen LogP contribution in [0.2, 0.25) is 0 Å². The largest absolute Gasteiger partial charge is 0.480 e. The summed E-state index contributed by atoms with van der Waals surface area (Å²) in [6.45, 7) is 0.642. The number of hydrogen-bond acceptors (Lipinski definition) is 5. The van der Waals surface area contributed by atoms with Crippen molar-refractivity contribution in [3.8, 4) is 0 Å². The topological polar surface area (TPSA) is 104 Å². The van der Waals surface area contributed by atoms with Crippen LogP contribution in [0.5, 0.6) is 0 Å². The van der Waals surface area contributed by atoms with E-state index in [-0.39, 0.29) is 39.1 Å². The maximum atomic E-state index is 12.6. The van der Waals surface area contributed by atoms with Gasteiger partial charge < -0.3 is 14.9 Å². The van der Waals surface area contributed by atoms with Gasteiger partial charge in [-0.25, -0.2) is 12.7 Å². The highest BCUT2D eigenvalue weighted by Crippen LogP contribution is 2.34. The molecule has 0 unspecified atom stereocenters. The van der Waals surface area contributed by atoms with Crippen LogP contribution in [0, 0.1) is 0 Å². The number of aliphatic carboxylic acids is 1. The molecule has 0 bridgehead atoms. The summed E-state index contributed by atoms with van der Waals surface area (Å²) < 4.78 is 29.8. The van der Waals surface area contributed by atoms with Crippen molar-refractivity contribution in [1.29, 1.82) is 0 Å². The summed E-state index contributed by atoms with van der Waals surface area (Å²) in [6.07, 6.45) is 0.159. The highest BCUT2D eigenvalue weighted by Gasteiger charge is 2.54. The zero-order valence-electron chi connectivity index (χ0n) is 10.6. The first kappa shape index (κ1) is 14.7. The van der Waals surface area contributed by atoms with Gasteiger partial charge in [0.05, 0.1) is 6.10 Å². The molecule has 2 N–H and O–H groups in total. The van der Waals surface area contributed by atoms with Crippen molar-refractivity contribution in [3.63, 3.8) is 0 Å². The van der Waals surface area contributed by atoms with Crippen molar-refractivity contribution in [2.24, 2.45) is 0 Å². The van der Waals surface area contributed by atoms with E-state index in [1.807, 2.05) is 0 Å². The van der Waals surface area contributed by atoms with Gasteiger partial charge in [-0.2, -0.15) is 0 Å². The number of piperidine rings is 1. The van der Waals surface area contributed by atoms with Gasteiger partial charge in [-0.05, 0) is 12.8 Å². The molecule has 2 aliphatic rings. The zero-order valence-corrected chi connectivity index (χ0v) is 11.4. The molecule has 0 aliphatic carbocycles. The minimum absolute atomic E-state index is 0.0241. The van der Waals surface area contributed by atoms with E-state index in [2.05, 4.69) is 0 Å². The van der Waals surface area contributed by atoms with Gasteiger partial charge in [-0.15, -0.1) is 0 Å². The minimum Gasteiger partial charge on any atom is -0.480 e. The summed E-state index contributed by atoms with van der Waals surface area (Å²) in [5.41, 5.74) is 0. The van der Waals surface area contributed by atoms with E-state index in [0.29, 0.717) is 12.8 Å². The van der Waals surface area contributed by atoms with Gasteiger partial charge in [0.15, 0.2) is 4.75 Å². The van der Waals surface area contributed by atoms with E-state index < -0.39 is 26.8 Å². The number of carboxylic acid groups (broad SMARTS) is 1. The lowest BCUT2D eigenvalue weighted by atomic mass is 9.99. The lowest BCUT2D eigenvalue weighted by Gasteiger charge is -2.38. The summed E-state index contributed by atoms with van der Waals surface area (Å²) in [7, 11) is -3.93. The Labute approximate surface area is 112 Å². The van der Waals surface area contributed by atoms with Crippen molar-refractivity contribution in [2.45, 2.75) is 36.5 Å². The Morgan fingerprint density at radius 3 is 2.21 bits per heavy atom. The van der Waals surface area contributed by atoms with Crippen LogP contribution < -0.4 is 0 Å². The molecule has 0 saturated carbocycles. The predicted molar refractivity (Wildman–Crippen MR) is 66.2 cm³/mol. The van der Waals surface area contributed by atoms with Crippen LogP contribution in [0.25, 0.3) is 0 Å². The van der Waals surface area contributed by atoms with Crippen molar-refractivity contribution >= 4 is 16.0 Å². The highest BCUT2D eigenvalue weighted by molar-refractivity contribution is 7.91. The first-order chi connectivity index (χ1) is 8.90. The van der Waals surface area contributed by atoms with Gasteiger partial charge in [-0.1, -0.05) is 0 Å². The molecule has 2 aliphatic heterocycles. The Morgan fingerprint density at radius 1 is 1.21 bits per heavy atom. The lowest BCUT2D eigenvalue weighted by molar-refractivity contribution is -0.142. The number of hydrogen-bond donors (Lipinski definition) is 2. The van der Waals surface area contributed by atoms with Crippen molar-refractivity contribution < 1.29 is 28.2 Å². The number of nitrogens with zero attached hydrogens (tertiary/aromatic N) is 1. The third-order valence-electron chi connectivity index (χ3n) is 3.95. The first-order valence-electron chi connectivity index (χ1n) is 6.39. The summed E-state index contributed by atoms with van der Waals surface area (Å²) in [4.78, 5) is 11.5. The summed E-state index contributed by atoms with van der Waals surface area (Å²) in [5, 5.41) is 18.8. The van der Waals surface area contributed by atoms with Crippen LogP contribution in [0.3, 0.4) is 0 Å². The summed E-state index contributed by atoms with van der Waals surface area (Å²) >= 11 is 0. The quantitative estimate of drug-likeness (QED) is 0.720. The smallest absolute Gasteiger partial charge is 0.326 e. The SMILES string of the molecule is O=C(O)C1(S(=O)(=O)N2CCC(O)CC2)CCOCC1. The molecule has 0 aromatic rings. The molecule has 0 aromatic carbocycles. The van der Waals surface area contributed by atoms with E-state index >= 15 is 0 Å². The molecule has 0 atom stereocenters. The number of carboxylic acids is 1. The molecular weight excluding hydrogens is 274 g/mol. The van der Waals surface area contributed by atoms with Crippen LogP contribution in [0.4, 0.5) is 0 Å². The van der Waals surface area contributed by atoms with Gasteiger partial charge in [-0.3, -0.25) is 4.79 Å². The Hall–Kier alpha value is -0.700. The summed E-state index contributed by atoms with van der Waals surface area (Å²) in [6, 6.07) is 0. The molecule has 2 fully saturated rings. The average Bonchev–Trinajstić information content (AvgIpc) is 2.39. The number of rotatable bonds is 3. The second-order valence-electron chi connectivity index (χ2n) is 5.05. The maximum Gasteiger partial charge on any atom is 0.326 e. The molecule has 110 valence electrons. The van der Waals surface area contributed by atoms with Crippen LogP contribution in [0.1, 0.15) is 25.7 Å². The number of ether oxygens (including phenoxy) is 1. The van der Waals surface area contributed by atoms with Gasteiger partial charge in [0.25, 0.3) is 0 Å². The first-order valence-corrected chi connectivity index (χ1v) is 7.83. The standard InChI is InChI=1S/C11H19NO6S/c13-9-1-5-12(6-2-9)19(16,17)11(10(14)15)3-7-18-8-4-11/h9,13H,1-8H2,(H,14,15). The van der Waals surface area contributed by atoms with Crippen LogP contribution >= 0.6 is 0 Å². The van der Waals surface area contributed by atoms with Gasteiger partial charge in [0.2, 0.25) is 10.0 Å². The molecule has 2 heterocycles. The van der Waals surface area contributed by atoms with Crippen molar-refractivity contribution in [2.75, 3.05) is 26.3 Å². The molecule has 0 spiro atoms. The average molecular weight is 293 g/mol. The van der Waals surface area contributed by atoms with Gasteiger partial charge >= 0.3 is 5.97 Å². The van der Waals surface area contributed by atoms with E-state index in [9.17, 15) is 23.4 Å². The Kier molecular flexibility index (Phi) is 4.14. The molecule has 8 heteroatoms. The minimum atomic E-state index is -3.93. The monoisotopic (exact) mass is 293 g/mol. The van der Waals surface area contributed by atoms with Crippen LogP contribution in [-0.2, 0) is 19.6 Å². The fourth-order valence-corrected chi connectivity index (χ4v) is 4.70. The number of aliphatic hydroxyl groups is 1.